The number of hydrogen-bond acceptors (Lipinski definition) is 2. The van der Waals surface area contributed by atoms with E-state index in [0.29, 0.717) is 31.7 Å². The molecule has 0 aliphatic carbocycles. The second-order valence-electron chi connectivity index (χ2n) is 4.76. The number of rotatable bonds is 6. The van der Waals surface area contributed by atoms with Crippen molar-refractivity contribution in [1.82, 2.24) is 4.90 Å². The minimum atomic E-state index is -0.549. The lowest BCUT2D eigenvalue weighted by Gasteiger charge is -2.22. The van der Waals surface area contributed by atoms with E-state index in [1.807, 2.05) is 30.3 Å². The van der Waals surface area contributed by atoms with E-state index in [9.17, 15) is 8.78 Å². The molecule has 0 fully saturated rings. The molecule has 2 aromatic rings. The molecular weight excluding hydrogens is 258 g/mol. The van der Waals surface area contributed by atoms with E-state index in [0.717, 1.165) is 11.6 Å². The van der Waals surface area contributed by atoms with E-state index in [4.69, 9.17) is 5.73 Å². The average molecular weight is 276 g/mol. The van der Waals surface area contributed by atoms with Crippen LogP contribution in [0.5, 0.6) is 0 Å². The molecule has 2 aromatic carbocycles. The molecule has 0 saturated carbocycles. The van der Waals surface area contributed by atoms with Crippen LogP contribution in [0.4, 0.5) is 8.78 Å². The fourth-order valence-corrected chi connectivity index (χ4v) is 2.20. The van der Waals surface area contributed by atoms with Gasteiger partial charge in [0.1, 0.15) is 11.6 Å². The largest absolute Gasteiger partial charge is 0.329 e. The molecule has 0 saturated heterocycles. The van der Waals surface area contributed by atoms with Crippen LogP contribution < -0.4 is 5.73 Å². The maximum absolute atomic E-state index is 13.2. The molecule has 20 heavy (non-hydrogen) atoms. The summed E-state index contributed by atoms with van der Waals surface area (Å²) in [5.41, 5.74) is 7.37. The standard InChI is InChI=1S/C16H18F2N2/c17-15-8-14(9-16(18)10-15)12-20(7-6-19)11-13-4-2-1-3-5-13/h1-5,8-10H,6-7,11-12,19H2. The predicted octanol–water partition coefficient (Wildman–Crippen LogP) is 2.93. The lowest BCUT2D eigenvalue weighted by molar-refractivity contribution is 0.263. The Morgan fingerprint density at radius 3 is 2.05 bits per heavy atom. The molecule has 2 nitrogen and oxygen atoms in total. The number of nitrogens with zero attached hydrogens (tertiary/aromatic N) is 1. The Morgan fingerprint density at radius 1 is 0.850 bits per heavy atom. The Labute approximate surface area is 117 Å². The van der Waals surface area contributed by atoms with Crippen LogP contribution in [0.15, 0.2) is 48.5 Å². The Kier molecular flexibility index (Phi) is 5.21. The Hall–Kier alpha value is -1.78. The van der Waals surface area contributed by atoms with Crippen molar-refractivity contribution < 1.29 is 8.78 Å². The molecule has 0 unspecified atom stereocenters. The summed E-state index contributed by atoms with van der Waals surface area (Å²) >= 11 is 0. The fourth-order valence-electron chi connectivity index (χ4n) is 2.20. The predicted molar refractivity (Wildman–Crippen MR) is 76.0 cm³/mol. The first kappa shape index (κ1) is 14.6. The van der Waals surface area contributed by atoms with Gasteiger partial charge in [-0.2, -0.15) is 0 Å². The van der Waals surface area contributed by atoms with Crippen LogP contribution in [0.1, 0.15) is 11.1 Å². The highest BCUT2D eigenvalue weighted by Gasteiger charge is 2.08. The number of benzene rings is 2. The van der Waals surface area contributed by atoms with Crippen LogP contribution in [0.25, 0.3) is 0 Å². The molecule has 2 rings (SSSR count). The summed E-state index contributed by atoms with van der Waals surface area (Å²) in [5, 5.41) is 0. The van der Waals surface area contributed by atoms with Gasteiger partial charge in [0.25, 0.3) is 0 Å². The minimum absolute atomic E-state index is 0.473. The van der Waals surface area contributed by atoms with Crippen LogP contribution in [0, 0.1) is 11.6 Å². The van der Waals surface area contributed by atoms with Gasteiger partial charge in [0.05, 0.1) is 0 Å². The third-order valence-corrected chi connectivity index (χ3v) is 3.02. The zero-order valence-corrected chi connectivity index (χ0v) is 11.2. The van der Waals surface area contributed by atoms with E-state index in [1.54, 1.807) is 0 Å². The molecule has 0 aliphatic heterocycles. The van der Waals surface area contributed by atoms with E-state index in [2.05, 4.69) is 4.90 Å². The van der Waals surface area contributed by atoms with E-state index >= 15 is 0 Å². The summed E-state index contributed by atoms with van der Waals surface area (Å²) in [6.07, 6.45) is 0. The summed E-state index contributed by atoms with van der Waals surface area (Å²) in [5.74, 6) is -1.10. The van der Waals surface area contributed by atoms with E-state index in [1.165, 1.54) is 12.1 Å². The van der Waals surface area contributed by atoms with Gasteiger partial charge >= 0.3 is 0 Å². The number of hydrogen-bond donors (Lipinski definition) is 1. The van der Waals surface area contributed by atoms with Gasteiger partial charge in [0, 0.05) is 32.2 Å². The number of nitrogens with two attached hydrogens (primary N) is 1. The highest BCUT2D eigenvalue weighted by Crippen LogP contribution is 2.13. The Morgan fingerprint density at radius 2 is 1.45 bits per heavy atom. The molecule has 0 heterocycles. The fraction of sp³-hybridized carbons (Fsp3) is 0.250. The third kappa shape index (κ3) is 4.40. The second-order valence-corrected chi connectivity index (χ2v) is 4.76. The van der Waals surface area contributed by atoms with Crippen LogP contribution in [0.2, 0.25) is 0 Å². The third-order valence-electron chi connectivity index (χ3n) is 3.02. The van der Waals surface area contributed by atoms with Crippen molar-refractivity contribution in [2.45, 2.75) is 13.1 Å². The van der Waals surface area contributed by atoms with Gasteiger partial charge < -0.3 is 5.73 Å². The second kappa shape index (κ2) is 7.12. The van der Waals surface area contributed by atoms with Gasteiger partial charge in [0.2, 0.25) is 0 Å². The highest BCUT2D eigenvalue weighted by molar-refractivity contribution is 5.19. The molecule has 106 valence electrons. The highest BCUT2D eigenvalue weighted by atomic mass is 19.1. The van der Waals surface area contributed by atoms with Gasteiger partial charge in [-0.3, -0.25) is 4.90 Å². The first-order chi connectivity index (χ1) is 9.67. The average Bonchev–Trinajstić information content (AvgIpc) is 2.39. The van der Waals surface area contributed by atoms with Crippen molar-refractivity contribution in [3.8, 4) is 0 Å². The maximum atomic E-state index is 13.2. The zero-order valence-electron chi connectivity index (χ0n) is 11.2. The van der Waals surface area contributed by atoms with Gasteiger partial charge in [-0.05, 0) is 23.3 Å². The summed E-state index contributed by atoms with van der Waals surface area (Å²) in [7, 11) is 0. The Balaban J connectivity index is 2.08. The smallest absolute Gasteiger partial charge is 0.126 e. The molecule has 2 N–H and O–H groups in total. The van der Waals surface area contributed by atoms with Crippen molar-refractivity contribution in [2.75, 3.05) is 13.1 Å². The molecule has 0 aromatic heterocycles. The van der Waals surface area contributed by atoms with E-state index < -0.39 is 11.6 Å². The maximum Gasteiger partial charge on any atom is 0.126 e. The van der Waals surface area contributed by atoms with Crippen molar-refractivity contribution in [2.24, 2.45) is 5.73 Å². The topological polar surface area (TPSA) is 29.3 Å². The molecule has 0 aliphatic rings. The van der Waals surface area contributed by atoms with Gasteiger partial charge in [-0.25, -0.2) is 8.78 Å². The molecule has 0 bridgehead atoms. The monoisotopic (exact) mass is 276 g/mol. The van der Waals surface area contributed by atoms with Crippen LogP contribution in [-0.2, 0) is 13.1 Å². The van der Waals surface area contributed by atoms with Crippen molar-refractivity contribution in [3.05, 3.63) is 71.3 Å². The van der Waals surface area contributed by atoms with Crippen LogP contribution in [-0.4, -0.2) is 18.0 Å². The zero-order chi connectivity index (χ0) is 14.4. The lowest BCUT2D eigenvalue weighted by atomic mass is 10.1. The van der Waals surface area contributed by atoms with Crippen molar-refractivity contribution in [1.29, 1.82) is 0 Å². The SMILES string of the molecule is NCCN(Cc1ccccc1)Cc1cc(F)cc(F)c1. The first-order valence-corrected chi connectivity index (χ1v) is 6.58. The summed E-state index contributed by atoms with van der Waals surface area (Å²) in [6, 6.07) is 13.5. The summed E-state index contributed by atoms with van der Waals surface area (Å²) in [6.45, 7) is 2.36. The van der Waals surface area contributed by atoms with Crippen LogP contribution >= 0.6 is 0 Å². The summed E-state index contributed by atoms with van der Waals surface area (Å²) < 4.78 is 26.4. The normalized spacial score (nSPS) is 11.0. The van der Waals surface area contributed by atoms with Gasteiger partial charge in [0.15, 0.2) is 0 Å². The lowest BCUT2D eigenvalue weighted by Crippen LogP contribution is -2.28. The van der Waals surface area contributed by atoms with Crippen LogP contribution in [0.3, 0.4) is 0 Å². The molecule has 0 atom stereocenters. The molecular formula is C16H18F2N2. The molecule has 0 amide bonds. The number of halogens is 2. The first-order valence-electron chi connectivity index (χ1n) is 6.58. The van der Waals surface area contributed by atoms with Crippen molar-refractivity contribution in [3.63, 3.8) is 0 Å². The summed E-state index contributed by atoms with van der Waals surface area (Å²) in [4.78, 5) is 2.07. The van der Waals surface area contributed by atoms with Crippen molar-refractivity contribution >= 4 is 0 Å². The Bertz CT molecular complexity index is 523. The van der Waals surface area contributed by atoms with Gasteiger partial charge in [-0.1, -0.05) is 30.3 Å². The van der Waals surface area contributed by atoms with E-state index in [-0.39, 0.29) is 0 Å². The van der Waals surface area contributed by atoms with Gasteiger partial charge in [-0.15, -0.1) is 0 Å². The minimum Gasteiger partial charge on any atom is -0.329 e. The molecule has 0 spiro atoms. The quantitative estimate of drug-likeness (QED) is 0.879. The molecule has 0 radical (unpaired) electrons. The molecule has 4 heteroatoms.